The van der Waals surface area contributed by atoms with Gasteiger partial charge in [0.15, 0.2) is 0 Å². The molecule has 0 N–H and O–H groups in total. The molecule has 1 heterocycles. The minimum atomic E-state index is -0.314. The van der Waals surface area contributed by atoms with Crippen LogP contribution in [0, 0.1) is 6.92 Å². The summed E-state index contributed by atoms with van der Waals surface area (Å²) in [7, 11) is 0. The van der Waals surface area contributed by atoms with Crippen molar-refractivity contribution in [3.8, 4) is 0 Å². The van der Waals surface area contributed by atoms with E-state index < -0.39 is 0 Å². The molecule has 0 aliphatic heterocycles. The Morgan fingerprint density at radius 1 is 1.11 bits per heavy atom. The molecule has 1 amide bonds. The second kappa shape index (κ2) is 8.38. The topological polar surface area (TPSA) is 55.2 Å². The minimum absolute atomic E-state index is 0.0422. The number of nitrogens with zero attached hydrogens (tertiary/aromatic N) is 3. The number of hydrogen-bond donors (Lipinski definition) is 0. The number of carbonyl (C=O) groups is 1. The molecule has 5 heteroatoms. The molecular weight excluding hydrogens is 350 g/mol. The van der Waals surface area contributed by atoms with E-state index in [1.54, 1.807) is 10.6 Å². The largest absolute Gasteiger partial charge is 0.329 e. The molecule has 28 heavy (non-hydrogen) atoms. The number of fused-ring (bicyclic) bond motifs is 1. The molecule has 1 aromatic heterocycles. The van der Waals surface area contributed by atoms with Gasteiger partial charge in [-0.15, -0.1) is 0 Å². The van der Waals surface area contributed by atoms with Crippen molar-refractivity contribution in [2.24, 2.45) is 0 Å². The van der Waals surface area contributed by atoms with Crippen molar-refractivity contribution in [2.45, 2.75) is 46.7 Å². The van der Waals surface area contributed by atoms with Crippen LogP contribution >= 0.6 is 0 Å². The Morgan fingerprint density at radius 3 is 2.43 bits per heavy atom. The van der Waals surface area contributed by atoms with Gasteiger partial charge >= 0.3 is 0 Å². The van der Waals surface area contributed by atoms with Gasteiger partial charge in [-0.25, -0.2) is 4.98 Å². The maximum Gasteiger partial charge on any atom is 0.261 e. The first-order chi connectivity index (χ1) is 13.5. The van der Waals surface area contributed by atoms with Gasteiger partial charge in [-0.2, -0.15) is 0 Å². The number of carbonyl (C=O) groups excluding carboxylic acids is 1. The zero-order chi connectivity index (χ0) is 20.3. The van der Waals surface area contributed by atoms with Gasteiger partial charge in [0.05, 0.1) is 16.9 Å². The predicted molar refractivity (Wildman–Crippen MR) is 113 cm³/mol. The van der Waals surface area contributed by atoms with Crippen LogP contribution in [0.25, 0.3) is 10.9 Å². The lowest BCUT2D eigenvalue weighted by Crippen LogP contribution is -2.38. The summed E-state index contributed by atoms with van der Waals surface area (Å²) < 4.78 is 1.68. The molecule has 146 valence electrons. The van der Waals surface area contributed by atoms with Crippen molar-refractivity contribution in [1.29, 1.82) is 0 Å². The lowest BCUT2D eigenvalue weighted by molar-refractivity contribution is 0.0679. The molecule has 2 aromatic carbocycles. The Balaban J connectivity index is 2.08. The number of hydrogen-bond acceptors (Lipinski definition) is 3. The van der Waals surface area contributed by atoms with Crippen molar-refractivity contribution < 1.29 is 4.79 Å². The Bertz CT molecular complexity index is 1040. The standard InChI is InChI=1S/C23H27N3O2/c1-5-15-26(22(27)18-13-11-16(3)12-14-18)17(4)21-24-20-10-8-7-9-19(20)23(28)25(21)6-2/h7-14,17H,5-6,15H2,1-4H3. The van der Waals surface area contributed by atoms with Crippen molar-refractivity contribution in [1.82, 2.24) is 14.5 Å². The Morgan fingerprint density at radius 2 is 1.79 bits per heavy atom. The Hall–Kier alpha value is -2.95. The molecule has 0 radical (unpaired) electrons. The van der Waals surface area contributed by atoms with Crippen LogP contribution in [-0.4, -0.2) is 26.9 Å². The summed E-state index contributed by atoms with van der Waals surface area (Å²) in [4.78, 5) is 32.8. The van der Waals surface area contributed by atoms with Gasteiger partial charge in [-0.05, 0) is 51.5 Å². The van der Waals surface area contributed by atoms with Gasteiger partial charge in [-0.3, -0.25) is 14.2 Å². The van der Waals surface area contributed by atoms with Crippen LogP contribution in [0.5, 0.6) is 0 Å². The highest BCUT2D eigenvalue weighted by Gasteiger charge is 2.26. The third-order valence-corrected chi connectivity index (χ3v) is 5.07. The average Bonchev–Trinajstić information content (AvgIpc) is 2.71. The van der Waals surface area contributed by atoms with Gasteiger partial charge in [0, 0.05) is 18.7 Å². The number of amides is 1. The Labute approximate surface area is 165 Å². The van der Waals surface area contributed by atoms with Crippen LogP contribution in [0.15, 0.2) is 53.3 Å². The molecule has 0 saturated heterocycles. The summed E-state index contributed by atoms with van der Waals surface area (Å²) >= 11 is 0. The maximum absolute atomic E-state index is 13.2. The fourth-order valence-corrected chi connectivity index (χ4v) is 3.52. The second-order valence-corrected chi connectivity index (χ2v) is 7.08. The van der Waals surface area contributed by atoms with E-state index in [-0.39, 0.29) is 17.5 Å². The summed E-state index contributed by atoms with van der Waals surface area (Å²) in [6, 6.07) is 14.6. The molecule has 0 bridgehead atoms. The van der Waals surface area contributed by atoms with Crippen molar-refractivity contribution in [3.63, 3.8) is 0 Å². The first-order valence-electron chi connectivity index (χ1n) is 9.85. The van der Waals surface area contributed by atoms with Crippen LogP contribution in [0.2, 0.25) is 0 Å². The smallest absolute Gasteiger partial charge is 0.261 e. The summed E-state index contributed by atoms with van der Waals surface area (Å²) in [5.41, 5.74) is 2.37. The highest BCUT2D eigenvalue weighted by molar-refractivity contribution is 5.94. The quantitative estimate of drug-likeness (QED) is 0.642. The molecule has 0 saturated carbocycles. The van der Waals surface area contributed by atoms with Crippen LogP contribution < -0.4 is 5.56 Å². The SMILES string of the molecule is CCCN(C(=O)c1ccc(C)cc1)C(C)c1nc2ccccc2c(=O)n1CC. The van der Waals surface area contributed by atoms with Crippen molar-refractivity contribution in [2.75, 3.05) is 6.54 Å². The minimum Gasteiger partial charge on any atom is -0.329 e. The summed E-state index contributed by atoms with van der Waals surface area (Å²) in [5.74, 6) is 0.583. The van der Waals surface area contributed by atoms with Gasteiger partial charge in [0.2, 0.25) is 0 Å². The third-order valence-electron chi connectivity index (χ3n) is 5.07. The number of aromatic nitrogens is 2. The second-order valence-electron chi connectivity index (χ2n) is 7.08. The monoisotopic (exact) mass is 377 g/mol. The molecule has 0 aliphatic carbocycles. The molecule has 5 nitrogen and oxygen atoms in total. The molecule has 0 aliphatic rings. The predicted octanol–water partition coefficient (Wildman–Crippen LogP) is 4.34. The molecule has 3 aromatic rings. The lowest BCUT2D eigenvalue weighted by atomic mass is 10.1. The first kappa shape index (κ1) is 19.8. The molecule has 3 rings (SSSR count). The summed E-state index contributed by atoms with van der Waals surface area (Å²) in [5, 5.41) is 0.604. The highest BCUT2D eigenvalue weighted by atomic mass is 16.2. The van der Waals surface area contributed by atoms with E-state index in [0.717, 1.165) is 12.0 Å². The van der Waals surface area contributed by atoms with Crippen LogP contribution in [0.4, 0.5) is 0 Å². The summed E-state index contributed by atoms with van der Waals surface area (Å²) in [6.07, 6.45) is 0.825. The fourth-order valence-electron chi connectivity index (χ4n) is 3.52. The number of rotatable bonds is 6. The molecular formula is C23H27N3O2. The van der Waals surface area contributed by atoms with E-state index >= 15 is 0 Å². The van der Waals surface area contributed by atoms with Gasteiger partial charge in [0.25, 0.3) is 11.5 Å². The van der Waals surface area contributed by atoms with E-state index in [2.05, 4.69) is 0 Å². The highest BCUT2D eigenvalue weighted by Crippen LogP contribution is 2.23. The van der Waals surface area contributed by atoms with Crippen LogP contribution in [-0.2, 0) is 6.54 Å². The van der Waals surface area contributed by atoms with Gasteiger partial charge in [0.1, 0.15) is 5.82 Å². The van der Waals surface area contributed by atoms with E-state index in [0.29, 0.717) is 35.4 Å². The third kappa shape index (κ3) is 3.70. The molecule has 0 spiro atoms. The van der Waals surface area contributed by atoms with E-state index in [9.17, 15) is 9.59 Å². The van der Waals surface area contributed by atoms with Crippen molar-refractivity contribution >= 4 is 16.8 Å². The average molecular weight is 377 g/mol. The number of para-hydroxylation sites is 1. The normalized spacial score (nSPS) is 12.1. The van der Waals surface area contributed by atoms with Crippen LogP contribution in [0.1, 0.15) is 55.0 Å². The van der Waals surface area contributed by atoms with Crippen molar-refractivity contribution in [3.05, 3.63) is 75.8 Å². The maximum atomic E-state index is 13.2. The first-order valence-corrected chi connectivity index (χ1v) is 9.85. The van der Waals surface area contributed by atoms with Gasteiger partial charge in [-0.1, -0.05) is 36.8 Å². The fraction of sp³-hybridized carbons (Fsp3) is 0.348. The number of benzene rings is 2. The van der Waals surface area contributed by atoms with Crippen LogP contribution in [0.3, 0.4) is 0 Å². The van der Waals surface area contributed by atoms with E-state index in [1.807, 2.05) is 75.1 Å². The molecule has 1 unspecified atom stereocenters. The van der Waals surface area contributed by atoms with Gasteiger partial charge < -0.3 is 4.90 Å². The zero-order valence-corrected chi connectivity index (χ0v) is 17.0. The van der Waals surface area contributed by atoms with E-state index in [1.165, 1.54) is 0 Å². The molecule has 1 atom stereocenters. The molecule has 0 fully saturated rings. The number of aryl methyl sites for hydroxylation is 1. The lowest BCUT2D eigenvalue weighted by Gasteiger charge is -2.30. The zero-order valence-electron chi connectivity index (χ0n) is 17.0. The van der Waals surface area contributed by atoms with E-state index in [4.69, 9.17) is 4.98 Å². The summed E-state index contributed by atoms with van der Waals surface area (Å²) in [6.45, 7) is 9.03. The Kier molecular flexibility index (Phi) is 5.93.